The molecule has 4 N–H and O–H groups in total. The Bertz CT molecular complexity index is 1180. The molecule has 0 saturated heterocycles. The summed E-state index contributed by atoms with van der Waals surface area (Å²) in [7, 11) is 3.00. The number of ketones is 2. The Labute approximate surface area is 303 Å². The quantitative estimate of drug-likeness (QED) is 0.0879. The minimum atomic E-state index is -0.997. The van der Waals surface area contributed by atoms with Crippen LogP contribution in [-0.2, 0) is 20.7 Å². The van der Waals surface area contributed by atoms with Crippen LogP contribution in [0, 0.1) is 18.8 Å². The first-order valence-electron chi connectivity index (χ1n) is 18.9. The molecule has 0 aliphatic heterocycles. The van der Waals surface area contributed by atoms with Gasteiger partial charge in [-0.15, -0.1) is 0 Å². The smallest absolute Gasteiger partial charge is 0.161 e. The molecule has 0 fully saturated rings. The molecule has 1 aromatic carbocycles. The SMILES string of the molecule is CC.CCCCCCCCCC(=O)C(O)Cc1cc(OC)c(O)cc1C.COC1C=CC(CC(O)C(=O)C[C@H](C)CCCC(C)C)=CC=C1O. The van der Waals surface area contributed by atoms with Gasteiger partial charge in [0.25, 0.3) is 0 Å². The van der Waals surface area contributed by atoms with Crippen LogP contribution in [0.3, 0.4) is 0 Å². The third-order valence-electron chi connectivity index (χ3n) is 8.78. The second-order valence-electron chi connectivity index (χ2n) is 13.7. The van der Waals surface area contributed by atoms with E-state index < -0.39 is 18.3 Å². The Morgan fingerprint density at radius 3 is 2.04 bits per heavy atom. The van der Waals surface area contributed by atoms with Gasteiger partial charge in [-0.1, -0.05) is 111 Å². The van der Waals surface area contributed by atoms with E-state index in [0.29, 0.717) is 30.4 Å². The third-order valence-corrected chi connectivity index (χ3v) is 8.78. The first-order valence-corrected chi connectivity index (χ1v) is 18.9. The maximum absolute atomic E-state index is 12.2. The number of phenols is 1. The van der Waals surface area contributed by atoms with Crippen LogP contribution >= 0.6 is 0 Å². The number of aliphatic hydroxyl groups excluding tert-OH is 3. The molecule has 0 aromatic heterocycles. The van der Waals surface area contributed by atoms with Crippen molar-refractivity contribution in [3.05, 3.63) is 58.9 Å². The number of phenolic OH excluding ortho intramolecular Hbond substituents is 1. The molecule has 8 nitrogen and oxygen atoms in total. The monoisotopic (exact) mass is 703 g/mol. The lowest BCUT2D eigenvalue weighted by molar-refractivity contribution is -0.128. The van der Waals surface area contributed by atoms with Gasteiger partial charge in [-0.05, 0) is 66.2 Å². The summed E-state index contributed by atoms with van der Waals surface area (Å²) in [6.45, 7) is 14.5. The molecule has 4 atom stereocenters. The fraction of sp³-hybridized carbons (Fsp3) is 0.667. The van der Waals surface area contributed by atoms with Crippen LogP contribution in [0.4, 0.5) is 0 Å². The maximum Gasteiger partial charge on any atom is 0.161 e. The number of methoxy groups -OCH3 is 2. The number of allylic oxidation sites excluding steroid dienone is 3. The summed E-state index contributed by atoms with van der Waals surface area (Å²) in [4.78, 5) is 24.3. The van der Waals surface area contributed by atoms with Gasteiger partial charge in [-0.3, -0.25) is 9.59 Å². The van der Waals surface area contributed by atoms with Gasteiger partial charge in [0.15, 0.2) is 23.1 Å². The fourth-order valence-corrected chi connectivity index (χ4v) is 5.62. The van der Waals surface area contributed by atoms with Crippen molar-refractivity contribution >= 4 is 11.6 Å². The summed E-state index contributed by atoms with van der Waals surface area (Å²) >= 11 is 0. The van der Waals surface area contributed by atoms with Gasteiger partial charge < -0.3 is 29.9 Å². The number of hydrogen-bond acceptors (Lipinski definition) is 8. The largest absolute Gasteiger partial charge is 0.509 e. The maximum atomic E-state index is 12.2. The second-order valence-corrected chi connectivity index (χ2v) is 13.7. The highest BCUT2D eigenvalue weighted by molar-refractivity contribution is 5.83. The second kappa shape index (κ2) is 27.7. The molecular weight excluding hydrogens is 632 g/mol. The lowest BCUT2D eigenvalue weighted by Gasteiger charge is -2.15. The molecule has 0 radical (unpaired) electrons. The van der Waals surface area contributed by atoms with Crippen LogP contribution < -0.4 is 4.74 Å². The zero-order chi connectivity index (χ0) is 38.1. The van der Waals surface area contributed by atoms with Crippen molar-refractivity contribution in [1.29, 1.82) is 0 Å². The van der Waals surface area contributed by atoms with Gasteiger partial charge in [0.1, 0.15) is 24.1 Å². The first kappa shape index (κ1) is 47.1. The van der Waals surface area contributed by atoms with Gasteiger partial charge in [0.2, 0.25) is 0 Å². The van der Waals surface area contributed by atoms with E-state index in [-0.39, 0.29) is 35.9 Å². The lowest BCUT2D eigenvalue weighted by atomic mass is 9.92. The number of aliphatic hydroxyl groups is 3. The predicted molar refractivity (Wildman–Crippen MR) is 205 cm³/mol. The molecule has 1 aromatic rings. The van der Waals surface area contributed by atoms with Crippen molar-refractivity contribution in [2.24, 2.45) is 11.8 Å². The van der Waals surface area contributed by atoms with Crippen LogP contribution in [0.1, 0.15) is 136 Å². The standard InChI is InChI=1S/2C20H32O4.C2H6/c1-14(2)6-5-7-15(3)12-18(22)19(23)13-16-8-10-17(21)20(24-4)11-9-16;1-4-5-6-7-8-9-10-11-17(21)18(22)13-16-14-20(24-3)19(23)12-15(16)2;1-2/h8-11,14-15,19-21,23H,5-7,12-13H2,1-4H3;12,14,18,22-23H,4-11,13H2,1-3H3;1-2H3/t15-,19?,20?;;/m1../s1. The number of aromatic hydroxyl groups is 1. The predicted octanol–water partition coefficient (Wildman–Crippen LogP) is 9.46. The van der Waals surface area contributed by atoms with E-state index in [1.165, 1.54) is 46.3 Å². The number of rotatable bonds is 22. The average molecular weight is 703 g/mol. The average Bonchev–Trinajstić information content (AvgIpc) is 3.26. The van der Waals surface area contributed by atoms with Gasteiger partial charge in [-0.2, -0.15) is 0 Å². The van der Waals surface area contributed by atoms with E-state index in [1.54, 1.807) is 36.4 Å². The number of carbonyl (C=O) groups excluding carboxylic acids is 2. The molecule has 0 saturated carbocycles. The van der Waals surface area contributed by atoms with E-state index >= 15 is 0 Å². The summed E-state index contributed by atoms with van der Waals surface area (Å²) in [5.41, 5.74) is 2.47. The van der Waals surface area contributed by atoms with Gasteiger partial charge in [0.05, 0.1) is 7.11 Å². The van der Waals surface area contributed by atoms with Crippen molar-refractivity contribution in [2.75, 3.05) is 14.2 Å². The van der Waals surface area contributed by atoms with Crippen LogP contribution in [0.25, 0.3) is 0 Å². The summed E-state index contributed by atoms with van der Waals surface area (Å²) in [5, 5.41) is 39.8. The van der Waals surface area contributed by atoms with Crippen molar-refractivity contribution < 1.29 is 39.5 Å². The topological polar surface area (TPSA) is 134 Å². The number of carbonyl (C=O) groups is 2. The Morgan fingerprint density at radius 2 is 1.44 bits per heavy atom. The highest BCUT2D eigenvalue weighted by Gasteiger charge is 2.20. The molecule has 0 spiro atoms. The van der Waals surface area contributed by atoms with Crippen LogP contribution in [0.5, 0.6) is 11.5 Å². The van der Waals surface area contributed by atoms with Crippen LogP contribution in [0.15, 0.2) is 47.8 Å². The van der Waals surface area contributed by atoms with E-state index in [0.717, 1.165) is 48.8 Å². The number of hydrogen-bond donors (Lipinski definition) is 4. The molecule has 0 bridgehead atoms. The molecule has 0 amide bonds. The minimum absolute atomic E-state index is 0.0719. The minimum Gasteiger partial charge on any atom is -0.509 e. The fourth-order valence-electron chi connectivity index (χ4n) is 5.62. The summed E-state index contributed by atoms with van der Waals surface area (Å²) in [6, 6.07) is 3.29. The first-order chi connectivity index (χ1) is 23.8. The zero-order valence-corrected chi connectivity index (χ0v) is 32.7. The Balaban J connectivity index is 0.000000915. The van der Waals surface area contributed by atoms with E-state index in [1.807, 2.05) is 20.8 Å². The molecular formula is C42H70O8. The van der Waals surface area contributed by atoms with Crippen molar-refractivity contribution in [3.8, 4) is 11.5 Å². The van der Waals surface area contributed by atoms with Gasteiger partial charge >= 0.3 is 0 Å². The van der Waals surface area contributed by atoms with E-state index in [4.69, 9.17) is 9.47 Å². The summed E-state index contributed by atoms with van der Waals surface area (Å²) in [5.74, 6) is 1.32. The number of aryl methyl sites for hydroxylation is 1. The van der Waals surface area contributed by atoms with Crippen molar-refractivity contribution in [2.45, 2.75) is 157 Å². The van der Waals surface area contributed by atoms with Crippen molar-refractivity contribution in [3.63, 3.8) is 0 Å². The van der Waals surface area contributed by atoms with Gasteiger partial charge in [0, 0.05) is 32.8 Å². The van der Waals surface area contributed by atoms with Gasteiger partial charge in [-0.25, -0.2) is 0 Å². The van der Waals surface area contributed by atoms with E-state index in [9.17, 15) is 30.0 Å². The highest BCUT2D eigenvalue weighted by atomic mass is 16.5. The lowest BCUT2D eigenvalue weighted by Crippen LogP contribution is -2.23. The van der Waals surface area contributed by atoms with E-state index in [2.05, 4.69) is 27.7 Å². The molecule has 1 aliphatic carbocycles. The number of Topliss-reactive ketones (excluding diaryl/α,β-unsaturated/α-hetero) is 2. The Kier molecular flexibility index (Phi) is 26.1. The third kappa shape index (κ3) is 20.0. The molecule has 50 heavy (non-hydrogen) atoms. The van der Waals surface area contributed by atoms with Crippen LogP contribution in [0.2, 0.25) is 0 Å². The Morgan fingerprint density at radius 1 is 0.820 bits per heavy atom. The number of ether oxygens (including phenoxy) is 2. The van der Waals surface area contributed by atoms with Crippen LogP contribution in [-0.4, -0.2) is 64.5 Å². The summed E-state index contributed by atoms with van der Waals surface area (Å²) in [6.07, 6.45) is 17.1. The summed E-state index contributed by atoms with van der Waals surface area (Å²) < 4.78 is 10.2. The molecule has 286 valence electrons. The number of benzene rings is 1. The molecule has 2 rings (SSSR count). The molecule has 3 unspecified atom stereocenters. The van der Waals surface area contributed by atoms with Crippen molar-refractivity contribution in [1.82, 2.24) is 0 Å². The number of unbranched alkanes of at least 4 members (excludes halogenated alkanes) is 6. The molecule has 0 heterocycles. The molecule has 8 heteroatoms. The zero-order valence-electron chi connectivity index (χ0n) is 32.7. The Hall–Kier alpha value is -2.94. The normalized spacial score (nSPS) is 15.7. The highest BCUT2D eigenvalue weighted by Crippen LogP contribution is 2.30. The molecule has 1 aliphatic rings.